The lowest BCUT2D eigenvalue weighted by atomic mass is 10.4. The number of aromatic nitrogens is 1. The molecule has 0 spiro atoms. The van der Waals surface area contributed by atoms with Crippen molar-refractivity contribution in [3.63, 3.8) is 0 Å². The lowest BCUT2D eigenvalue weighted by Crippen LogP contribution is -1.90. The van der Waals surface area contributed by atoms with Crippen LogP contribution in [0.25, 0.3) is 0 Å². The highest BCUT2D eigenvalue weighted by molar-refractivity contribution is 9.10. The van der Waals surface area contributed by atoms with Crippen LogP contribution in [-0.4, -0.2) is 4.98 Å². The third-order valence-electron chi connectivity index (χ3n) is 1.58. The summed E-state index contributed by atoms with van der Waals surface area (Å²) in [5, 5.41) is 2.05. The monoisotopic (exact) mass is 286 g/mol. The van der Waals surface area contributed by atoms with Crippen LogP contribution in [0.2, 0.25) is 0 Å². The first kappa shape index (κ1) is 10.0. The Hall–Kier alpha value is -0.520. The van der Waals surface area contributed by atoms with Gasteiger partial charge in [-0.1, -0.05) is 17.8 Å². The number of nitrogens with zero attached hydrogens (tertiary/aromatic N) is 1. The molecule has 0 aliphatic rings. The topological polar surface area (TPSA) is 38.9 Å². The SMILES string of the molecule is Nc1cncc(Br)c1Sc1cccs1. The number of pyridine rings is 1. The Morgan fingerprint density at radius 1 is 1.43 bits per heavy atom. The Bertz CT molecular complexity index is 408. The van der Waals surface area contributed by atoms with Crippen LogP contribution in [0, 0.1) is 0 Å². The van der Waals surface area contributed by atoms with Gasteiger partial charge in [0.25, 0.3) is 0 Å². The quantitative estimate of drug-likeness (QED) is 0.916. The highest BCUT2D eigenvalue weighted by Crippen LogP contribution is 2.38. The maximum absolute atomic E-state index is 5.83. The van der Waals surface area contributed by atoms with Crippen LogP contribution in [0.4, 0.5) is 5.69 Å². The molecule has 0 aliphatic heterocycles. The number of nitrogen functional groups attached to an aromatic ring is 1. The van der Waals surface area contributed by atoms with Crippen molar-refractivity contribution < 1.29 is 0 Å². The zero-order chi connectivity index (χ0) is 9.97. The number of hydrogen-bond donors (Lipinski definition) is 1. The van der Waals surface area contributed by atoms with E-state index in [0.717, 1.165) is 9.37 Å². The van der Waals surface area contributed by atoms with Crippen molar-refractivity contribution in [3.05, 3.63) is 34.4 Å². The first-order valence-corrected chi connectivity index (χ1v) is 6.36. The minimum Gasteiger partial charge on any atom is -0.397 e. The molecular weight excluding hydrogens is 280 g/mol. The fourth-order valence-corrected chi connectivity index (χ4v) is 3.28. The molecule has 5 heteroatoms. The third kappa shape index (κ3) is 2.10. The van der Waals surface area contributed by atoms with E-state index in [1.807, 2.05) is 11.4 Å². The third-order valence-corrected chi connectivity index (χ3v) is 4.64. The van der Waals surface area contributed by atoms with Gasteiger partial charge < -0.3 is 5.73 Å². The highest BCUT2D eigenvalue weighted by atomic mass is 79.9. The lowest BCUT2D eigenvalue weighted by Gasteiger charge is -2.04. The summed E-state index contributed by atoms with van der Waals surface area (Å²) in [4.78, 5) is 5.02. The second-order valence-corrected chi connectivity index (χ2v) is 5.69. The van der Waals surface area contributed by atoms with E-state index < -0.39 is 0 Å². The molecule has 0 bridgehead atoms. The van der Waals surface area contributed by atoms with Gasteiger partial charge in [0.2, 0.25) is 0 Å². The molecule has 0 saturated carbocycles. The Kier molecular flexibility index (Phi) is 3.10. The van der Waals surface area contributed by atoms with Gasteiger partial charge in [0, 0.05) is 6.20 Å². The summed E-state index contributed by atoms with van der Waals surface area (Å²) in [6.07, 6.45) is 3.42. The molecule has 72 valence electrons. The largest absolute Gasteiger partial charge is 0.397 e. The van der Waals surface area contributed by atoms with Crippen LogP contribution < -0.4 is 5.73 Å². The fraction of sp³-hybridized carbons (Fsp3) is 0. The Morgan fingerprint density at radius 2 is 2.29 bits per heavy atom. The predicted molar refractivity (Wildman–Crippen MR) is 64.8 cm³/mol. The van der Waals surface area contributed by atoms with Gasteiger partial charge in [-0.05, 0) is 27.4 Å². The van der Waals surface area contributed by atoms with Crippen molar-refractivity contribution in [3.8, 4) is 0 Å². The molecule has 2 heterocycles. The molecule has 0 unspecified atom stereocenters. The maximum atomic E-state index is 5.83. The smallest absolute Gasteiger partial charge is 0.0654 e. The molecule has 2 aromatic rings. The van der Waals surface area contributed by atoms with Gasteiger partial charge in [-0.15, -0.1) is 11.3 Å². The summed E-state index contributed by atoms with van der Waals surface area (Å²) in [6, 6.07) is 4.10. The van der Waals surface area contributed by atoms with E-state index in [1.54, 1.807) is 35.5 Å². The van der Waals surface area contributed by atoms with Crippen molar-refractivity contribution in [2.24, 2.45) is 0 Å². The number of rotatable bonds is 2. The van der Waals surface area contributed by atoms with Crippen molar-refractivity contribution >= 4 is 44.7 Å². The van der Waals surface area contributed by atoms with Crippen LogP contribution in [0.5, 0.6) is 0 Å². The second-order valence-electron chi connectivity index (χ2n) is 2.57. The summed E-state index contributed by atoms with van der Waals surface area (Å²) in [6.45, 7) is 0. The van der Waals surface area contributed by atoms with Crippen molar-refractivity contribution in [1.82, 2.24) is 4.98 Å². The normalized spacial score (nSPS) is 10.4. The van der Waals surface area contributed by atoms with E-state index in [-0.39, 0.29) is 0 Å². The molecule has 0 atom stereocenters. The number of hydrogen-bond acceptors (Lipinski definition) is 4. The van der Waals surface area contributed by atoms with Crippen molar-refractivity contribution in [2.45, 2.75) is 9.10 Å². The molecule has 2 rings (SSSR count). The van der Waals surface area contributed by atoms with Crippen LogP contribution >= 0.6 is 39.0 Å². The van der Waals surface area contributed by atoms with Crippen molar-refractivity contribution in [1.29, 1.82) is 0 Å². The zero-order valence-corrected chi connectivity index (χ0v) is 10.3. The van der Waals surface area contributed by atoms with E-state index in [9.17, 15) is 0 Å². The summed E-state index contributed by atoms with van der Waals surface area (Å²) < 4.78 is 2.17. The van der Waals surface area contributed by atoms with Crippen LogP contribution in [0.3, 0.4) is 0 Å². The van der Waals surface area contributed by atoms with Gasteiger partial charge in [-0.3, -0.25) is 4.98 Å². The number of nitrogens with two attached hydrogens (primary N) is 1. The van der Waals surface area contributed by atoms with E-state index in [1.165, 1.54) is 4.21 Å². The minimum absolute atomic E-state index is 0.706. The Labute approximate surface area is 98.7 Å². The highest BCUT2D eigenvalue weighted by Gasteiger charge is 2.07. The minimum atomic E-state index is 0.706. The van der Waals surface area contributed by atoms with Gasteiger partial charge in [0.15, 0.2) is 0 Å². The average molecular weight is 287 g/mol. The van der Waals surface area contributed by atoms with E-state index in [0.29, 0.717) is 5.69 Å². The van der Waals surface area contributed by atoms with E-state index >= 15 is 0 Å². The van der Waals surface area contributed by atoms with E-state index in [2.05, 4.69) is 27.0 Å². The first-order chi connectivity index (χ1) is 6.77. The molecule has 2 aromatic heterocycles. The summed E-state index contributed by atoms with van der Waals surface area (Å²) in [5.74, 6) is 0. The lowest BCUT2D eigenvalue weighted by molar-refractivity contribution is 1.24. The van der Waals surface area contributed by atoms with E-state index in [4.69, 9.17) is 5.73 Å². The van der Waals surface area contributed by atoms with Crippen LogP contribution in [-0.2, 0) is 0 Å². The second kappa shape index (κ2) is 4.33. The Morgan fingerprint density at radius 3 is 2.93 bits per heavy atom. The summed E-state index contributed by atoms with van der Waals surface area (Å²) in [7, 11) is 0. The van der Waals surface area contributed by atoms with Gasteiger partial charge in [-0.2, -0.15) is 0 Å². The molecule has 0 fully saturated rings. The average Bonchev–Trinajstić information content (AvgIpc) is 2.64. The van der Waals surface area contributed by atoms with Crippen LogP contribution in [0.15, 0.2) is 43.5 Å². The molecule has 0 amide bonds. The first-order valence-electron chi connectivity index (χ1n) is 3.87. The summed E-state index contributed by atoms with van der Waals surface area (Å²) in [5.41, 5.74) is 6.54. The molecule has 0 radical (unpaired) electrons. The molecule has 0 saturated heterocycles. The van der Waals surface area contributed by atoms with Crippen molar-refractivity contribution in [2.75, 3.05) is 5.73 Å². The van der Waals surface area contributed by atoms with Gasteiger partial charge in [0.05, 0.1) is 25.5 Å². The fourth-order valence-electron chi connectivity index (χ4n) is 0.968. The number of anilines is 1. The Balaban J connectivity index is 2.33. The van der Waals surface area contributed by atoms with Gasteiger partial charge in [-0.25, -0.2) is 0 Å². The maximum Gasteiger partial charge on any atom is 0.0654 e. The van der Waals surface area contributed by atoms with Gasteiger partial charge >= 0.3 is 0 Å². The number of halogens is 1. The molecule has 2 N–H and O–H groups in total. The molecule has 2 nitrogen and oxygen atoms in total. The number of thiophene rings is 1. The van der Waals surface area contributed by atoms with Gasteiger partial charge in [0.1, 0.15) is 0 Å². The predicted octanol–water partition coefficient (Wildman–Crippen LogP) is 3.64. The molecule has 14 heavy (non-hydrogen) atoms. The molecular formula is C9H7BrN2S2. The van der Waals surface area contributed by atoms with Crippen LogP contribution in [0.1, 0.15) is 0 Å². The summed E-state index contributed by atoms with van der Waals surface area (Å²) >= 11 is 6.79. The standard InChI is InChI=1S/C9H7BrN2S2/c10-6-4-12-5-7(11)9(6)14-8-2-1-3-13-8/h1-5H,11H2. The molecule has 0 aliphatic carbocycles. The molecule has 0 aromatic carbocycles. The zero-order valence-electron chi connectivity index (χ0n) is 7.11.